The molecule has 2 heterocycles. The first-order valence-corrected chi connectivity index (χ1v) is 24.6. The van der Waals surface area contributed by atoms with Gasteiger partial charge < -0.3 is 0 Å². The Bertz CT molecular complexity index is 2230. The molecule has 50 heavy (non-hydrogen) atoms. The fourth-order valence-corrected chi connectivity index (χ4v) is 10.1. The van der Waals surface area contributed by atoms with E-state index < -0.39 is 23.0 Å². The van der Waals surface area contributed by atoms with Crippen molar-refractivity contribution in [3.05, 3.63) is 144 Å². The molecule has 0 aliphatic rings. The third kappa shape index (κ3) is 8.31. The first-order chi connectivity index (χ1) is 24.8. The summed E-state index contributed by atoms with van der Waals surface area (Å²) in [4.78, 5) is 0. The van der Waals surface area contributed by atoms with Crippen LogP contribution in [0.15, 0.2) is 122 Å². The van der Waals surface area contributed by atoms with Gasteiger partial charge in [-0.25, -0.2) is 9.13 Å². The fourth-order valence-electron chi connectivity index (χ4n) is 6.75. The van der Waals surface area contributed by atoms with Crippen LogP contribution in [0.1, 0.15) is 26.4 Å². The van der Waals surface area contributed by atoms with Crippen LogP contribution in [0.2, 0.25) is 39.3 Å². The quantitative estimate of drug-likeness (QED) is 0.121. The van der Waals surface area contributed by atoms with E-state index in [1.165, 1.54) is 60.6 Å². The van der Waals surface area contributed by atoms with Crippen molar-refractivity contribution in [2.45, 2.75) is 66.9 Å². The van der Waals surface area contributed by atoms with E-state index in [4.69, 9.17) is 4.11 Å². The predicted molar refractivity (Wildman–Crippen MR) is 222 cm³/mol. The minimum atomic E-state index is -2.10. The van der Waals surface area contributed by atoms with Crippen molar-refractivity contribution in [2.75, 3.05) is 0 Å². The Morgan fingerprint density at radius 2 is 0.960 bits per heavy atom. The smallest absolute Gasteiger partial charge is 0.201 e. The van der Waals surface area contributed by atoms with Gasteiger partial charge in [-0.2, -0.15) is 0 Å². The summed E-state index contributed by atoms with van der Waals surface area (Å²) in [5.41, 5.74) is 14.2. The van der Waals surface area contributed by atoms with E-state index in [2.05, 4.69) is 169 Å². The van der Waals surface area contributed by atoms with Crippen LogP contribution < -0.4 is 19.5 Å². The lowest BCUT2D eigenvalue weighted by molar-refractivity contribution is -0.660. The van der Waals surface area contributed by atoms with Crippen LogP contribution in [0.4, 0.5) is 0 Å². The molecular formula is C46H56N2Si2+2. The van der Waals surface area contributed by atoms with Crippen LogP contribution in [-0.2, 0) is 14.1 Å². The molecule has 0 aliphatic carbocycles. The molecule has 6 rings (SSSR count). The molecule has 2 aromatic heterocycles. The van der Waals surface area contributed by atoms with Crippen LogP contribution in [0.5, 0.6) is 0 Å². The second-order valence-corrected chi connectivity index (χ2v) is 25.8. The van der Waals surface area contributed by atoms with Crippen LogP contribution in [0.3, 0.4) is 0 Å². The van der Waals surface area contributed by atoms with Gasteiger partial charge in [-0.15, -0.1) is 0 Å². The van der Waals surface area contributed by atoms with Crippen LogP contribution in [-0.4, -0.2) is 16.1 Å². The van der Waals surface area contributed by atoms with Crippen molar-refractivity contribution in [1.29, 1.82) is 0 Å². The molecule has 0 amide bonds. The third-order valence-corrected chi connectivity index (χ3v) is 13.6. The molecule has 0 atom stereocenters. The Kier molecular flexibility index (Phi) is 9.74. The molecule has 256 valence electrons. The summed E-state index contributed by atoms with van der Waals surface area (Å²) in [6.45, 7) is 18.9. The van der Waals surface area contributed by atoms with Gasteiger partial charge in [0.05, 0.1) is 16.1 Å². The molecule has 4 aromatic carbocycles. The molecule has 0 radical (unpaired) electrons. The molecule has 0 N–H and O–H groups in total. The Morgan fingerprint density at radius 3 is 1.40 bits per heavy atom. The van der Waals surface area contributed by atoms with Gasteiger partial charge in [-0.05, 0) is 84.8 Å². The van der Waals surface area contributed by atoms with Crippen LogP contribution >= 0.6 is 0 Å². The summed E-state index contributed by atoms with van der Waals surface area (Å²) in [6, 6.07) is 38.9. The number of hydrogen-bond donors (Lipinski definition) is 0. The molecule has 0 fully saturated rings. The lowest BCUT2D eigenvalue weighted by atomic mass is 9.97. The Labute approximate surface area is 308 Å². The lowest BCUT2D eigenvalue weighted by Gasteiger charge is -2.23. The summed E-state index contributed by atoms with van der Waals surface area (Å²) in [5, 5.41) is 2.98. The highest BCUT2D eigenvalue weighted by Crippen LogP contribution is 2.30. The highest BCUT2D eigenvalue weighted by atomic mass is 28.3. The van der Waals surface area contributed by atoms with Gasteiger partial charge in [0, 0.05) is 39.0 Å². The van der Waals surface area contributed by atoms with Gasteiger partial charge in [0.2, 0.25) is 11.4 Å². The number of pyridine rings is 2. The zero-order valence-corrected chi connectivity index (χ0v) is 33.9. The Hall–Kier alpha value is -4.39. The van der Waals surface area contributed by atoms with Crippen molar-refractivity contribution in [3.63, 3.8) is 0 Å². The van der Waals surface area contributed by atoms with Gasteiger partial charge in [0.1, 0.15) is 14.1 Å². The summed E-state index contributed by atoms with van der Waals surface area (Å²) in [6.07, 6.45) is 3.87. The zero-order valence-electron chi connectivity index (χ0n) is 34.9. The lowest BCUT2D eigenvalue weighted by Crippen LogP contribution is -2.39. The minimum Gasteiger partial charge on any atom is -0.201 e. The second kappa shape index (κ2) is 14.8. The average Bonchev–Trinajstić information content (AvgIpc) is 3.09. The largest absolute Gasteiger partial charge is 0.212 e. The SMILES string of the molecule is Cc1cc[n+](C)c(-c2cc(-c3ccccc3)c([Si](C)(C)C)cc2C)c1.[2H]C([2H])([2H])c1ccc(-c2cc(-c3ccccc3)c([Si](C)(C)C)cc2C)[n+](C)c1. The fraction of sp³-hybridized carbons (Fsp3) is 0.261. The first kappa shape index (κ1) is 32.8. The number of rotatable bonds is 6. The maximum absolute atomic E-state index is 7.65. The standard InChI is InChI=1S/2C23H28NSi/c1-17-12-13-22(24(3)16-17)20-15-21(19-10-8-7-9-11-19)23(14-18(20)2)25(4,5)6;1-17-12-13-24(3)22(14-17)20-16-21(19-10-8-7-9-11-19)23(15-18(20)2)25(4,5)6/h2*7-16H,1-6H3/q2*+1/i1D3;. The minimum absolute atomic E-state index is 0.360. The molecule has 6 aromatic rings. The maximum atomic E-state index is 7.65. The molecular weight excluding hydrogens is 637 g/mol. The van der Waals surface area contributed by atoms with Gasteiger partial charge in [0.15, 0.2) is 12.4 Å². The van der Waals surface area contributed by atoms with Gasteiger partial charge >= 0.3 is 0 Å². The molecule has 0 saturated carbocycles. The second-order valence-electron chi connectivity index (χ2n) is 15.8. The molecule has 0 bridgehead atoms. The van der Waals surface area contributed by atoms with E-state index in [1.54, 1.807) is 12.3 Å². The van der Waals surface area contributed by atoms with Gasteiger partial charge in [-0.1, -0.05) is 122 Å². The summed E-state index contributed by atoms with van der Waals surface area (Å²) in [7, 11) is 1.05. The predicted octanol–water partition coefficient (Wildman–Crippen LogP) is 10.0. The topological polar surface area (TPSA) is 7.76 Å². The number of aromatic nitrogens is 2. The van der Waals surface area contributed by atoms with Crippen molar-refractivity contribution in [3.8, 4) is 44.8 Å². The summed E-state index contributed by atoms with van der Waals surface area (Å²) < 4.78 is 27.1. The van der Waals surface area contributed by atoms with Crippen molar-refractivity contribution < 1.29 is 13.2 Å². The number of nitrogens with zero attached hydrogens (tertiary/aromatic N) is 2. The molecule has 4 heteroatoms. The molecule has 0 spiro atoms. The van der Waals surface area contributed by atoms with E-state index in [-0.39, 0.29) is 0 Å². The zero-order chi connectivity index (χ0) is 38.9. The summed E-state index contributed by atoms with van der Waals surface area (Å²) in [5.74, 6) is 0. The summed E-state index contributed by atoms with van der Waals surface area (Å²) >= 11 is 0. The highest BCUT2D eigenvalue weighted by Gasteiger charge is 2.26. The van der Waals surface area contributed by atoms with Crippen molar-refractivity contribution >= 4 is 26.5 Å². The highest BCUT2D eigenvalue weighted by molar-refractivity contribution is 6.90. The Morgan fingerprint density at radius 1 is 0.480 bits per heavy atom. The molecule has 0 saturated heterocycles. The van der Waals surface area contributed by atoms with E-state index in [9.17, 15) is 0 Å². The molecule has 0 unspecified atom stereocenters. The van der Waals surface area contributed by atoms with E-state index >= 15 is 0 Å². The van der Waals surface area contributed by atoms with Gasteiger partial charge in [0.25, 0.3) is 0 Å². The average molecular weight is 696 g/mol. The number of aryl methyl sites for hydroxylation is 6. The van der Waals surface area contributed by atoms with E-state index in [0.29, 0.717) is 5.56 Å². The van der Waals surface area contributed by atoms with Crippen LogP contribution in [0, 0.1) is 27.6 Å². The van der Waals surface area contributed by atoms with E-state index in [0.717, 1.165) is 11.3 Å². The van der Waals surface area contributed by atoms with Crippen molar-refractivity contribution in [2.24, 2.45) is 14.1 Å². The molecule has 2 nitrogen and oxygen atoms in total. The van der Waals surface area contributed by atoms with Crippen LogP contribution in [0.25, 0.3) is 44.8 Å². The normalized spacial score (nSPS) is 12.7. The van der Waals surface area contributed by atoms with Crippen molar-refractivity contribution in [1.82, 2.24) is 0 Å². The van der Waals surface area contributed by atoms with E-state index in [1.807, 2.05) is 23.7 Å². The Balaban J connectivity index is 0.000000206. The first-order valence-electron chi connectivity index (χ1n) is 19.1. The number of benzene rings is 4. The van der Waals surface area contributed by atoms with Gasteiger partial charge in [-0.3, -0.25) is 0 Å². The third-order valence-electron chi connectivity index (χ3n) is 9.51. The monoisotopic (exact) mass is 695 g/mol. The number of hydrogen-bond acceptors (Lipinski definition) is 0. The maximum Gasteiger partial charge on any atom is 0.212 e. The molecule has 0 aliphatic heterocycles.